The number of hydrogen-bond acceptors (Lipinski definition) is 9. The summed E-state index contributed by atoms with van der Waals surface area (Å²) >= 11 is 0. The average Bonchev–Trinajstić information content (AvgIpc) is 3.55. The number of nitrogen functional groups attached to an aromatic ring is 1. The van der Waals surface area contributed by atoms with Gasteiger partial charge in [-0.05, 0) is 70.0 Å². The summed E-state index contributed by atoms with van der Waals surface area (Å²) in [5.74, 6) is 1.84. The molecule has 48 heavy (non-hydrogen) atoms. The monoisotopic (exact) mass is 662 g/mol. The van der Waals surface area contributed by atoms with Crippen molar-refractivity contribution in [2.45, 2.75) is 45.3 Å². The lowest BCUT2D eigenvalue weighted by Gasteiger charge is -2.33. The van der Waals surface area contributed by atoms with E-state index >= 15 is 0 Å². The Kier molecular flexibility index (Phi) is 11.6. The number of fused-ring (bicyclic) bond motifs is 1. The first-order valence-corrected chi connectivity index (χ1v) is 16.3. The number of benzene rings is 2. The van der Waals surface area contributed by atoms with Crippen LogP contribution in [0.25, 0.3) is 22.0 Å². The number of hydrogen-bond donors (Lipinski definition) is 2. The number of nitrogens with two attached hydrogens (primary N) is 1. The number of likely N-dealkylation sites (tertiary alicyclic amines) is 1. The third-order valence-electron chi connectivity index (χ3n) is 7.76. The van der Waals surface area contributed by atoms with Crippen molar-refractivity contribution in [2.24, 2.45) is 7.05 Å². The second-order valence-electron chi connectivity index (χ2n) is 12.7. The van der Waals surface area contributed by atoms with E-state index < -0.39 is 5.60 Å². The topological polar surface area (TPSA) is 140 Å². The molecule has 0 bridgehead atoms. The van der Waals surface area contributed by atoms with Gasteiger partial charge in [0, 0.05) is 60.8 Å². The molecule has 5 rings (SSSR count). The molecule has 12 nitrogen and oxygen atoms in total. The molecule has 0 saturated carbocycles. The number of H-pyrrole nitrogens is 1. The summed E-state index contributed by atoms with van der Waals surface area (Å²) in [7, 11) is 1.72. The van der Waals surface area contributed by atoms with Gasteiger partial charge in [0.25, 0.3) is 5.56 Å². The minimum Gasteiger partial charge on any atom is -0.491 e. The van der Waals surface area contributed by atoms with Crippen LogP contribution in [-0.2, 0) is 26.0 Å². The minimum atomic E-state index is -0.490. The van der Waals surface area contributed by atoms with Crippen LogP contribution in [-0.4, -0.2) is 85.0 Å². The van der Waals surface area contributed by atoms with Crippen molar-refractivity contribution in [3.63, 3.8) is 0 Å². The van der Waals surface area contributed by atoms with Gasteiger partial charge in [0.1, 0.15) is 35.0 Å². The lowest BCUT2D eigenvalue weighted by atomic mass is 10.0. The molecule has 258 valence electrons. The van der Waals surface area contributed by atoms with E-state index in [1.807, 2.05) is 63.2 Å². The van der Waals surface area contributed by atoms with Gasteiger partial charge < -0.3 is 48.6 Å². The quantitative estimate of drug-likeness (QED) is 0.128. The zero-order valence-electron chi connectivity index (χ0n) is 28.2. The molecule has 2 aromatic heterocycles. The van der Waals surface area contributed by atoms with E-state index in [1.54, 1.807) is 35.0 Å². The number of aromatic nitrogens is 2. The van der Waals surface area contributed by atoms with Crippen LogP contribution < -0.4 is 20.8 Å². The molecule has 0 unspecified atom stereocenters. The van der Waals surface area contributed by atoms with Crippen molar-refractivity contribution in [1.82, 2.24) is 14.5 Å². The van der Waals surface area contributed by atoms with Crippen LogP contribution >= 0.6 is 0 Å². The van der Waals surface area contributed by atoms with E-state index in [2.05, 4.69) is 4.98 Å². The molecule has 0 spiro atoms. The van der Waals surface area contributed by atoms with Gasteiger partial charge in [-0.3, -0.25) is 4.79 Å². The first-order chi connectivity index (χ1) is 23.1. The predicted molar refractivity (Wildman–Crippen MR) is 184 cm³/mol. The van der Waals surface area contributed by atoms with Gasteiger partial charge >= 0.3 is 6.09 Å². The van der Waals surface area contributed by atoms with Crippen LogP contribution in [0.1, 0.15) is 33.6 Å². The highest BCUT2D eigenvalue weighted by Crippen LogP contribution is 2.38. The van der Waals surface area contributed by atoms with Gasteiger partial charge in [0.15, 0.2) is 0 Å². The number of ether oxygens (including phenoxy) is 6. The van der Waals surface area contributed by atoms with E-state index in [1.165, 1.54) is 0 Å². The zero-order chi connectivity index (χ0) is 34.1. The van der Waals surface area contributed by atoms with Gasteiger partial charge in [0.2, 0.25) is 0 Å². The van der Waals surface area contributed by atoms with Crippen molar-refractivity contribution in [1.29, 1.82) is 0 Å². The van der Waals surface area contributed by atoms with Crippen LogP contribution in [0.4, 0.5) is 10.5 Å². The fourth-order valence-corrected chi connectivity index (χ4v) is 5.43. The summed E-state index contributed by atoms with van der Waals surface area (Å²) in [6.07, 6.45) is 4.97. The summed E-state index contributed by atoms with van der Waals surface area (Å²) in [5, 5.41) is 0.790. The Morgan fingerprint density at radius 1 is 0.917 bits per heavy atom. The number of carbonyl (C=O) groups excluding carboxylic acids is 1. The zero-order valence-corrected chi connectivity index (χ0v) is 28.2. The van der Waals surface area contributed by atoms with E-state index in [-0.39, 0.29) is 17.8 Å². The lowest BCUT2D eigenvalue weighted by Crippen LogP contribution is -2.43. The number of piperidine rings is 1. The minimum absolute atomic E-state index is 0.109. The molecule has 1 aliphatic rings. The number of amides is 1. The van der Waals surface area contributed by atoms with E-state index in [9.17, 15) is 9.59 Å². The number of carbonyl (C=O) groups is 1. The lowest BCUT2D eigenvalue weighted by molar-refractivity contribution is -0.0364. The number of rotatable bonds is 14. The summed E-state index contributed by atoms with van der Waals surface area (Å²) in [4.78, 5) is 29.6. The van der Waals surface area contributed by atoms with Crippen molar-refractivity contribution in [3.05, 3.63) is 71.3 Å². The van der Waals surface area contributed by atoms with Crippen molar-refractivity contribution in [2.75, 3.05) is 58.5 Å². The van der Waals surface area contributed by atoms with E-state index in [0.29, 0.717) is 81.2 Å². The molecule has 12 heteroatoms. The highest BCUT2D eigenvalue weighted by atomic mass is 16.6. The summed E-state index contributed by atoms with van der Waals surface area (Å²) in [6, 6.07) is 14.7. The first-order valence-electron chi connectivity index (χ1n) is 16.3. The molecule has 0 atom stereocenters. The average molecular weight is 663 g/mol. The Labute approximate surface area is 280 Å². The van der Waals surface area contributed by atoms with Crippen molar-refractivity contribution >= 4 is 22.7 Å². The molecule has 0 aliphatic carbocycles. The molecule has 1 amide bonds. The number of nitrogens with zero attached hydrogens (tertiary/aromatic N) is 2. The number of nitrogens with one attached hydrogen (secondary N) is 1. The van der Waals surface area contributed by atoms with E-state index in [4.69, 9.17) is 34.2 Å². The van der Waals surface area contributed by atoms with Gasteiger partial charge in [0.05, 0.1) is 39.1 Å². The standard InChI is InChI=1S/C36H46N4O8/c1-36(2,3)48-35(42)40-14-11-26(12-15-40)45-20-18-43-16-17-44-19-21-46-27-6-5-7-28(23-27)47-32-9-8-25(37)22-30(32)31-24-39(4)34(41)33-29(31)10-13-38-33/h5-10,13,22-24,26,38H,11-12,14-21,37H2,1-4H3. The molecule has 4 aromatic rings. The highest BCUT2D eigenvalue weighted by molar-refractivity contribution is 5.96. The van der Waals surface area contributed by atoms with Gasteiger partial charge in [-0.1, -0.05) is 6.07 Å². The Hall–Kier alpha value is -4.52. The molecule has 1 saturated heterocycles. The second-order valence-corrected chi connectivity index (χ2v) is 12.7. The van der Waals surface area contributed by atoms with Crippen LogP contribution in [0.2, 0.25) is 0 Å². The smallest absolute Gasteiger partial charge is 0.410 e. The maximum atomic E-state index is 12.6. The fourth-order valence-electron chi connectivity index (χ4n) is 5.43. The van der Waals surface area contributed by atoms with Gasteiger partial charge in [-0.25, -0.2) is 4.79 Å². The molecule has 3 heterocycles. The Bertz CT molecular complexity index is 1720. The highest BCUT2D eigenvalue weighted by Gasteiger charge is 2.27. The number of anilines is 1. The first kappa shape index (κ1) is 34.8. The van der Waals surface area contributed by atoms with E-state index in [0.717, 1.165) is 29.4 Å². The molecule has 0 radical (unpaired) electrons. The molecular formula is C36H46N4O8. The van der Waals surface area contributed by atoms with Crippen LogP contribution in [0.5, 0.6) is 17.2 Å². The number of aryl methyl sites for hydroxylation is 1. The largest absolute Gasteiger partial charge is 0.491 e. The third-order valence-corrected chi connectivity index (χ3v) is 7.76. The maximum Gasteiger partial charge on any atom is 0.410 e. The fraction of sp³-hybridized carbons (Fsp3) is 0.444. The number of aromatic amines is 1. The third kappa shape index (κ3) is 9.52. The van der Waals surface area contributed by atoms with Crippen LogP contribution in [0.15, 0.2) is 65.7 Å². The van der Waals surface area contributed by atoms with Gasteiger partial charge in [-0.15, -0.1) is 0 Å². The van der Waals surface area contributed by atoms with Crippen LogP contribution in [0.3, 0.4) is 0 Å². The summed E-state index contributed by atoms with van der Waals surface area (Å²) in [6.45, 7) is 9.53. The maximum absolute atomic E-state index is 12.6. The Morgan fingerprint density at radius 3 is 2.38 bits per heavy atom. The van der Waals surface area contributed by atoms with Crippen molar-refractivity contribution in [3.8, 4) is 28.4 Å². The van der Waals surface area contributed by atoms with Crippen LogP contribution in [0, 0.1) is 0 Å². The molecule has 1 aliphatic heterocycles. The molecule has 3 N–H and O–H groups in total. The molecule has 2 aromatic carbocycles. The summed E-state index contributed by atoms with van der Waals surface area (Å²) < 4.78 is 36.4. The number of pyridine rings is 1. The molecular weight excluding hydrogens is 616 g/mol. The van der Waals surface area contributed by atoms with Gasteiger partial charge in [-0.2, -0.15) is 0 Å². The summed E-state index contributed by atoms with van der Waals surface area (Å²) in [5.41, 5.74) is 8.25. The Morgan fingerprint density at radius 2 is 1.62 bits per heavy atom. The Balaban J connectivity index is 0.995. The normalized spacial score (nSPS) is 14.0. The second kappa shape index (κ2) is 16.1. The predicted octanol–water partition coefficient (Wildman–Crippen LogP) is 5.74. The SMILES string of the molecule is Cn1cc(-c2cc(N)ccc2Oc2cccc(OCCOCCOCCOC3CCN(C(=O)OC(C)(C)C)CC3)c2)c2cc[nH]c2c1=O. The van der Waals surface area contributed by atoms with Crippen molar-refractivity contribution < 1.29 is 33.2 Å². The molecule has 1 fully saturated rings.